The number of hydrogen-bond acceptors (Lipinski definition) is 4. The number of aromatic nitrogens is 2. The van der Waals surface area contributed by atoms with Crippen LogP contribution in [0.4, 0.5) is 22.7 Å². The van der Waals surface area contributed by atoms with Gasteiger partial charge in [-0.25, -0.2) is 4.98 Å². The van der Waals surface area contributed by atoms with Gasteiger partial charge in [0.25, 0.3) is 0 Å². The van der Waals surface area contributed by atoms with Gasteiger partial charge in [-0.1, -0.05) is 202 Å². The number of ether oxygens (including phenoxy) is 1. The van der Waals surface area contributed by atoms with Gasteiger partial charge in [-0.2, -0.15) is 6.07 Å². The zero-order valence-electron chi connectivity index (χ0n) is 49.5. The molecule has 7 aromatic carbocycles. The Balaban J connectivity index is 0.00000401. The summed E-state index contributed by atoms with van der Waals surface area (Å²) >= 11 is 0. The number of nitrogens with zero attached hydrogens (tertiary/aromatic N) is 4. The van der Waals surface area contributed by atoms with E-state index in [9.17, 15) is 0 Å². The van der Waals surface area contributed by atoms with Crippen molar-refractivity contribution in [3.05, 3.63) is 217 Å². The van der Waals surface area contributed by atoms with Crippen molar-refractivity contribution < 1.29 is 25.8 Å². The largest absolute Gasteiger partial charge is 4.00 e. The first-order chi connectivity index (χ1) is 35.6. The molecule has 0 spiro atoms. The smallest absolute Gasteiger partial charge is 0.509 e. The van der Waals surface area contributed by atoms with Crippen LogP contribution in [0.3, 0.4) is 0 Å². The van der Waals surface area contributed by atoms with E-state index in [1.54, 1.807) is 0 Å². The molecule has 1 aliphatic rings. The summed E-state index contributed by atoms with van der Waals surface area (Å²) in [5, 5.41) is 2.21. The summed E-state index contributed by atoms with van der Waals surface area (Å²) in [7, 11) is 0. The van der Waals surface area contributed by atoms with Crippen LogP contribution in [0.25, 0.3) is 38.8 Å². The number of pyridine rings is 1. The first-order valence-electron chi connectivity index (χ1n) is 27.2. The molecule has 0 bridgehead atoms. The predicted octanol–water partition coefficient (Wildman–Crippen LogP) is 19.9. The second-order valence-corrected chi connectivity index (χ2v) is 26.9. The summed E-state index contributed by atoms with van der Waals surface area (Å²) in [6.45, 7) is 41.5. The van der Waals surface area contributed by atoms with Gasteiger partial charge in [0.2, 0.25) is 0 Å². The fourth-order valence-electron chi connectivity index (χ4n) is 10.7. The third-order valence-corrected chi connectivity index (χ3v) is 15.5. The molecule has 2 aromatic heterocycles. The minimum Gasteiger partial charge on any atom is -0.509 e. The van der Waals surface area contributed by atoms with Crippen LogP contribution in [-0.2, 0) is 53.6 Å². The van der Waals surface area contributed by atoms with Gasteiger partial charge in [0, 0.05) is 45.7 Å². The van der Waals surface area contributed by atoms with E-state index in [1.807, 2.05) is 6.20 Å². The van der Waals surface area contributed by atoms with Crippen LogP contribution in [0.15, 0.2) is 152 Å². The average molecular weight is 1210 g/mol. The summed E-state index contributed by atoms with van der Waals surface area (Å²) in [6, 6.07) is 61.0. The molecule has 1 aliphatic heterocycles. The molecule has 404 valence electrons. The van der Waals surface area contributed by atoms with Crippen LogP contribution in [0, 0.1) is 26.2 Å². The zero-order valence-corrected chi connectivity index (χ0v) is 51.8. The topological polar surface area (TPSA) is 33.5 Å². The quantitative estimate of drug-likeness (QED) is 0.142. The molecule has 0 radical (unpaired) electrons. The molecule has 5 nitrogen and oxygen atoms in total. The standard InChI is InChI=1S/C71H77N4O.CH3.Pt/c1-66(2,3)49-32-33-72-65(40-49)75-61-31-28-47(46-24-20-18-21-25-46)34-58(61)57-30-29-55(42-62(57)75)76-56-39-51(68(7,8)9)37-54(41-56)74-45-73(63-43-59(69(10,11)12)60(44-64(63)74)70(13,14)15)53-36-50(67(4,5)6)35-52(38-53)71(16,17)48-26-22-19-23-27-48;;/h18-40,43-45H,1-17H3;1H3;/q-3;-1;+4. The minimum absolute atomic E-state index is 0. The molecular weight excluding hydrogens is 1130 g/mol. The molecule has 3 heterocycles. The molecule has 0 N–H and O–H groups in total. The molecule has 10 rings (SSSR count). The fourth-order valence-corrected chi connectivity index (χ4v) is 10.7. The van der Waals surface area contributed by atoms with E-state index in [0.29, 0.717) is 11.5 Å². The Bertz CT molecular complexity index is 3640. The van der Waals surface area contributed by atoms with Crippen molar-refractivity contribution in [2.24, 2.45) is 0 Å². The van der Waals surface area contributed by atoms with Crippen molar-refractivity contribution in [2.45, 2.75) is 150 Å². The van der Waals surface area contributed by atoms with Crippen LogP contribution in [0.2, 0.25) is 0 Å². The van der Waals surface area contributed by atoms with Crippen molar-refractivity contribution >= 4 is 44.6 Å². The molecule has 0 fully saturated rings. The van der Waals surface area contributed by atoms with Crippen molar-refractivity contribution in [2.75, 3.05) is 9.80 Å². The normalized spacial score (nSPS) is 13.4. The van der Waals surface area contributed by atoms with Gasteiger partial charge < -0.3 is 26.5 Å². The molecular formula is C72H80N4OPt. The van der Waals surface area contributed by atoms with Gasteiger partial charge in [0.05, 0.1) is 0 Å². The maximum absolute atomic E-state index is 7.07. The van der Waals surface area contributed by atoms with Gasteiger partial charge in [0.1, 0.15) is 5.82 Å². The van der Waals surface area contributed by atoms with Crippen LogP contribution in [0.1, 0.15) is 157 Å². The van der Waals surface area contributed by atoms with Gasteiger partial charge in [0.15, 0.2) is 0 Å². The molecule has 6 heteroatoms. The van der Waals surface area contributed by atoms with E-state index < -0.39 is 0 Å². The molecule has 0 amide bonds. The van der Waals surface area contributed by atoms with Crippen LogP contribution >= 0.6 is 0 Å². The Labute approximate surface area is 482 Å². The van der Waals surface area contributed by atoms with Gasteiger partial charge in [-0.05, 0) is 119 Å². The molecule has 78 heavy (non-hydrogen) atoms. The van der Waals surface area contributed by atoms with E-state index in [2.05, 4.69) is 296 Å². The van der Waals surface area contributed by atoms with Gasteiger partial charge >= 0.3 is 21.1 Å². The molecule has 0 saturated heterocycles. The summed E-state index contributed by atoms with van der Waals surface area (Å²) in [4.78, 5) is 9.76. The van der Waals surface area contributed by atoms with Crippen molar-refractivity contribution in [3.8, 4) is 28.4 Å². The van der Waals surface area contributed by atoms with E-state index in [0.717, 1.165) is 61.5 Å². The average Bonchev–Trinajstić information content (AvgIpc) is 4.00. The molecule has 9 aromatic rings. The molecule has 0 saturated carbocycles. The maximum atomic E-state index is 7.07. The van der Waals surface area contributed by atoms with Crippen molar-refractivity contribution in [1.82, 2.24) is 9.55 Å². The monoisotopic (exact) mass is 1210 g/mol. The van der Waals surface area contributed by atoms with E-state index in [4.69, 9.17) is 9.72 Å². The zero-order chi connectivity index (χ0) is 54.5. The third kappa shape index (κ3) is 11.1. The Kier molecular flexibility index (Phi) is 15.3. The van der Waals surface area contributed by atoms with Crippen LogP contribution in [0.5, 0.6) is 11.5 Å². The van der Waals surface area contributed by atoms with E-state index in [1.165, 1.54) is 38.9 Å². The van der Waals surface area contributed by atoms with Crippen LogP contribution in [-0.4, -0.2) is 9.55 Å². The number of hydrogen-bond donors (Lipinski definition) is 0. The fraction of sp³-hybridized carbons (Fsp3) is 0.319. The molecule has 0 aliphatic carbocycles. The third-order valence-electron chi connectivity index (χ3n) is 15.5. The first-order valence-corrected chi connectivity index (χ1v) is 27.2. The maximum Gasteiger partial charge on any atom is 4.00 e. The minimum atomic E-state index is -0.250. The van der Waals surface area contributed by atoms with Gasteiger partial charge in [-0.15, -0.1) is 53.6 Å². The molecule has 0 unspecified atom stereocenters. The number of benzene rings is 7. The number of anilines is 4. The second-order valence-electron chi connectivity index (χ2n) is 26.9. The van der Waals surface area contributed by atoms with Crippen LogP contribution < -0.4 is 14.5 Å². The van der Waals surface area contributed by atoms with E-state index >= 15 is 0 Å². The van der Waals surface area contributed by atoms with Crippen molar-refractivity contribution in [1.29, 1.82) is 0 Å². The SMILES string of the molecule is CC(C)(C)c1cc(Oc2[c-]c3c(cc2)c2cc(-c4ccccc4)ccc2n3-c2cc(C(C)(C)C)ccn2)[c-]c(N2[CH-]N(c3cc(C(C)(C)C)cc(C(C)(C)c4ccccc4)c3)c3cc(C(C)(C)C)c(C(C)(C)C)cc32)c1.[CH3-].[Pt+4]. The summed E-state index contributed by atoms with van der Waals surface area (Å²) in [6.07, 6.45) is 1.93. The Morgan fingerprint density at radius 1 is 0.449 bits per heavy atom. The molecule has 0 atom stereocenters. The van der Waals surface area contributed by atoms with Gasteiger partial charge in [-0.3, -0.25) is 0 Å². The Hall–Kier alpha value is -6.42. The first kappa shape index (κ1) is 57.7. The Morgan fingerprint density at radius 3 is 1.63 bits per heavy atom. The number of rotatable bonds is 8. The predicted molar refractivity (Wildman–Crippen MR) is 328 cm³/mol. The second kappa shape index (κ2) is 20.7. The van der Waals surface area contributed by atoms with Crippen molar-refractivity contribution in [3.63, 3.8) is 0 Å². The summed E-state index contributed by atoms with van der Waals surface area (Å²) in [5.74, 6) is 2.07. The summed E-state index contributed by atoms with van der Waals surface area (Å²) in [5.41, 5.74) is 16.6. The van der Waals surface area contributed by atoms with E-state index in [-0.39, 0.29) is 61.0 Å². The summed E-state index contributed by atoms with van der Waals surface area (Å²) < 4.78 is 9.31. The number of fused-ring (bicyclic) bond motifs is 4. The Morgan fingerprint density at radius 2 is 1.03 bits per heavy atom.